The molecule has 0 fully saturated rings. The second kappa shape index (κ2) is 8.02. The Morgan fingerprint density at radius 3 is 2.93 bits per heavy atom. The van der Waals surface area contributed by atoms with Crippen LogP contribution < -0.4 is 10.9 Å². The van der Waals surface area contributed by atoms with Crippen molar-refractivity contribution in [3.63, 3.8) is 0 Å². The normalized spacial score (nSPS) is 12.8. The topological polar surface area (TPSA) is 92.7 Å². The summed E-state index contributed by atoms with van der Waals surface area (Å²) in [6.07, 6.45) is 2.50. The molecule has 0 spiro atoms. The molecule has 0 saturated carbocycles. The van der Waals surface area contributed by atoms with E-state index in [1.165, 1.54) is 10.2 Å². The third-order valence-electron chi connectivity index (χ3n) is 4.57. The van der Waals surface area contributed by atoms with Crippen LogP contribution in [0, 0.1) is 6.92 Å². The predicted molar refractivity (Wildman–Crippen MR) is 110 cm³/mol. The number of hydrogen-bond donors (Lipinski definition) is 2. The number of H-pyrrole nitrogens is 1. The number of benzene rings is 1. The first-order chi connectivity index (χ1) is 13.6. The van der Waals surface area contributed by atoms with Crippen molar-refractivity contribution in [2.75, 3.05) is 11.1 Å². The van der Waals surface area contributed by atoms with Crippen LogP contribution in [0.1, 0.15) is 28.9 Å². The number of amides is 1. The summed E-state index contributed by atoms with van der Waals surface area (Å²) in [5.41, 5.74) is 3.37. The molecule has 0 bridgehead atoms. The number of fused-ring (bicyclic) bond motifs is 1. The molecule has 0 radical (unpaired) electrons. The van der Waals surface area contributed by atoms with Crippen molar-refractivity contribution in [1.82, 2.24) is 19.7 Å². The highest BCUT2D eigenvalue weighted by Crippen LogP contribution is 2.19. The van der Waals surface area contributed by atoms with E-state index in [1.807, 2.05) is 37.3 Å². The summed E-state index contributed by atoms with van der Waals surface area (Å²) in [5.74, 6) is 1.82. The van der Waals surface area contributed by atoms with Gasteiger partial charge in [-0.15, -0.1) is 11.8 Å². The number of carbonyl (C=O) groups excluding carboxylic acids is 1. The molecule has 1 aliphatic carbocycles. The Morgan fingerprint density at radius 2 is 2.11 bits per heavy atom. The zero-order valence-electron chi connectivity index (χ0n) is 15.6. The molecule has 2 heterocycles. The Kier molecular flexibility index (Phi) is 5.29. The van der Waals surface area contributed by atoms with Crippen molar-refractivity contribution in [2.24, 2.45) is 0 Å². The molecule has 7 nitrogen and oxygen atoms in total. The molecule has 3 aromatic rings. The van der Waals surface area contributed by atoms with Gasteiger partial charge in [-0.2, -0.15) is 9.78 Å². The Hall–Kier alpha value is -2.87. The average Bonchev–Trinajstić information content (AvgIpc) is 3.29. The zero-order chi connectivity index (χ0) is 19.5. The number of aromatic amines is 1. The van der Waals surface area contributed by atoms with Gasteiger partial charge in [-0.25, -0.2) is 4.98 Å². The monoisotopic (exact) mass is 395 g/mol. The number of nitrogens with zero attached hydrogens (tertiary/aromatic N) is 3. The van der Waals surface area contributed by atoms with Crippen molar-refractivity contribution in [3.8, 4) is 5.95 Å². The maximum absolute atomic E-state index is 12.4. The minimum atomic E-state index is -0.124. The zero-order valence-corrected chi connectivity index (χ0v) is 16.4. The van der Waals surface area contributed by atoms with Gasteiger partial charge in [0.05, 0.1) is 17.1 Å². The van der Waals surface area contributed by atoms with E-state index in [9.17, 15) is 9.59 Å². The second-order valence-electron chi connectivity index (χ2n) is 6.78. The first-order valence-corrected chi connectivity index (χ1v) is 10.4. The van der Waals surface area contributed by atoms with Crippen molar-refractivity contribution in [3.05, 3.63) is 69.3 Å². The van der Waals surface area contributed by atoms with Gasteiger partial charge in [0, 0.05) is 17.4 Å². The van der Waals surface area contributed by atoms with Crippen molar-refractivity contribution in [1.29, 1.82) is 0 Å². The maximum atomic E-state index is 12.4. The van der Waals surface area contributed by atoms with E-state index in [0.29, 0.717) is 17.5 Å². The Balaban J connectivity index is 1.47. The van der Waals surface area contributed by atoms with E-state index in [1.54, 1.807) is 17.8 Å². The molecule has 0 aliphatic heterocycles. The lowest BCUT2D eigenvalue weighted by atomic mass is 10.2. The summed E-state index contributed by atoms with van der Waals surface area (Å²) in [4.78, 5) is 32.0. The van der Waals surface area contributed by atoms with Crippen LogP contribution in [-0.2, 0) is 23.4 Å². The Morgan fingerprint density at radius 1 is 1.29 bits per heavy atom. The molecule has 8 heteroatoms. The van der Waals surface area contributed by atoms with Crippen molar-refractivity contribution in [2.45, 2.75) is 31.9 Å². The van der Waals surface area contributed by atoms with Crippen LogP contribution >= 0.6 is 11.8 Å². The molecule has 2 aromatic heterocycles. The molecule has 4 rings (SSSR count). The van der Waals surface area contributed by atoms with Crippen molar-refractivity contribution < 1.29 is 4.79 Å². The number of hydrogen-bond acceptors (Lipinski definition) is 5. The predicted octanol–water partition coefficient (Wildman–Crippen LogP) is 2.62. The number of nitrogens with one attached hydrogen (secondary N) is 2. The van der Waals surface area contributed by atoms with Crippen LogP contribution in [-0.4, -0.2) is 31.4 Å². The first kappa shape index (κ1) is 18.5. The largest absolute Gasteiger partial charge is 0.310 e. The Labute approximate surface area is 166 Å². The van der Waals surface area contributed by atoms with Crippen LogP contribution in [0.25, 0.3) is 5.95 Å². The van der Waals surface area contributed by atoms with Gasteiger partial charge in [0.15, 0.2) is 0 Å². The summed E-state index contributed by atoms with van der Waals surface area (Å²) in [7, 11) is 0. The minimum absolute atomic E-state index is 0.120. The fraction of sp³-hybridized carbons (Fsp3) is 0.300. The van der Waals surface area contributed by atoms with Gasteiger partial charge in [0.2, 0.25) is 11.9 Å². The third-order valence-corrected chi connectivity index (χ3v) is 5.58. The second-order valence-corrected chi connectivity index (χ2v) is 7.76. The van der Waals surface area contributed by atoms with E-state index < -0.39 is 0 Å². The van der Waals surface area contributed by atoms with Crippen LogP contribution in [0.4, 0.5) is 5.82 Å². The van der Waals surface area contributed by atoms with Gasteiger partial charge >= 0.3 is 0 Å². The van der Waals surface area contributed by atoms with Crippen LogP contribution in [0.15, 0.2) is 41.2 Å². The lowest BCUT2D eigenvalue weighted by Gasteiger charge is -2.09. The van der Waals surface area contributed by atoms with Gasteiger partial charge in [0.25, 0.3) is 5.56 Å². The van der Waals surface area contributed by atoms with Gasteiger partial charge in [0.1, 0.15) is 5.82 Å². The molecular formula is C20H21N5O2S. The third kappa shape index (κ3) is 4.01. The quantitative estimate of drug-likeness (QED) is 0.669. The van der Waals surface area contributed by atoms with Crippen molar-refractivity contribution >= 4 is 23.5 Å². The van der Waals surface area contributed by atoms with Crippen LogP contribution in [0.2, 0.25) is 0 Å². The van der Waals surface area contributed by atoms with Gasteiger partial charge < -0.3 is 5.32 Å². The molecule has 0 unspecified atom stereocenters. The fourth-order valence-corrected chi connectivity index (χ4v) is 4.08. The van der Waals surface area contributed by atoms with Gasteiger partial charge in [-0.3, -0.25) is 14.6 Å². The molecule has 1 aliphatic rings. The number of anilines is 1. The average molecular weight is 395 g/mol. The fourth-order valence-electron chi connectivity index (χ4n) is 3.29. The summed E-state index contributed by atoms with van der Waals surface area (Å²) in [6, 6.07) is 11.8. The molecule has 1 amide bonds. The smallest absolute Gasteiger partial charge is 0.255 e. The molecule has 0 saturated heterocycles. The number of aromatic nitrogens is 4. The molecular weight excluding hydrogens is 374 g/mol. The highest BCUT2D eigenvalue weighted by atomic mass is 32.2. The minimum Gasteiger partial charge on any atom is -0.310 e. The highest BCUT2D eigenvalue weighted by molar-refractivity contribution is 7.99. The van der Waals surface area contributed by atoms with E-state index in [0.717, 1.165) is 42.0 Å². The van der Waals surface area contributed by atoms with E-state index in [-0.39, 0.29) is 11.5 Å². The van der Waals surface area contributed by atoms with Gasteiger partial charge in [-0.1, -0.05) is 30.3 Å². The summed E-state index contributed by atoms with van der Waals surface area (Å²) >= 11 is 1.55. The number of rotatable bonds is 6. The van der Waals surface area contributed by atoms with Gasteiger partial charge in [-0.05, 0) is 31.7 Å². The van der Waals surface area contributed by atoms with E-state index in [4.69, 9.17) is 0 Å². The summed E-state index contributed by atoms with van der Waals surface area (Å²) in [5, 5.41) is 7.27. The highest BCUT2D eigenvalue weighted by Gasteiger charge is 2.20. The number of thioether (sulfide) groups is 1. The molecule has 28 heavy (non-hydrogen) atoms. The standard InChI is InChI=1S/C20H21N5O2S/c1-13-10-17(22-18(26)12-28-11-14-6-3-2-4-7-14)25(24-13)20-21-16-9-5-8-15(16)19(27)23-20/h2-4,6-7,10H,5,8-9,11-12H2,1H3,(H,22,26)(H,21,23,27). The van der Waals surface area contributed by atoms with E-state index in [2.05, 4.69) is 20.4 Å². The summed E-state index contributed by atoms with van der Waals surface area (Å²) in [6.45, 7) is 1.84. The lowest BCUT2D eigenvalue weighted by molar-refractivity contribution is -0.113. The lowest BCUT2D eigenvalue weighted by Crippen LogP contribution is -2.21. The molecule has 0 atom stereocenters. The summed E-state index contributed by atoms with van der Waals surface area (Å²) < 4.78 is 1.50. The molecule has 1 aromatic carbocycles. The SMILES string of the molecule is Cc1cc(NC(=O)CSCc2ccccc2)n(-c2nc3c(c(=O)[nH]2)CCC3)n1. The van der Waals surface area contributed by atoms with Crippen LogP contribution in [0.3, 0.4) is 0 Å². The van der Waals surface area contributed by atoms with Crippen LogP contribution in [0.5, 0.6) is 0 Å². The maximum Gasteiger partial charge on any atom is 0.255 e. The number of carbonyl (C=O) groups is 1. The number of aryl methyl sites for hydroxylation is 2. The Bertz CT molecular complexity index is 1060. The molecule has 2 N–H and O–H groups in total. The first-order valence-electron chi connectivity index (χ1n) is 9.21. The van der Waals surface area contributed by atoms with E-state index >= 15 is 0 Å². The molecule has 144 valence electrons.